The van der Waals surface area contributed by atoms with Crippen molar-refractivity contribution in [3.8, 4) is 11.4 Å². The number of aromatic nitrogens is 4. The minimum atomic E-state index is 0.650. The summed E-state index contributed by atoms with van der Waals surface area (Å²) in [4.78, 5) is 4.20. The van der Waals surface area contributed by atoms with Crippen molar-refractivity contribution in [1.82, 2.24) is 19.7 Å². The van der Waals surface area contributed by atoms with Gasteiger partial charge in [-0.1, -0.05) is 48.2 Å². The summed E-state index contributed by atoms with van der Waals surface area (Å²) in [6, 6.07) is 22.4. The third-order valence-electron chi connectivity index (χ3n) is 4.40. The summed E-state index contributed by atoms with van der Waals surface area (Å²) in [5.74, 6) is 2.56. The maximum Gasteiger partial charge on any atom is 0.196 e. The molecule has 0 fully saturated rings. The van der Waals surface area contributed by atoms with Gasteiger partial charge in [0.05, 0.1) is 6.61 Å². The van der Waals surface area contributed by atoms with Crippen molar-refractivity contribution < 1.29 is 4.74 Å². The highest BCUT2D eigenvalue weighted by Crippen LogP contribution is 2.27. The average molecular weight is 403 g/mol. The lowest BCUT2D eigenvalue weighted by atomic mass is 10.1. The third kappa shape index (κ3) is 4.84. The molecule has 6 heteroatoms. The SMILES string of the molecule is CCOc1ccc(-n2c(Cc3ccccc3)nnc2SCc2cccnc2)cc1. The number of hydrogen-bond donors (Lipinski definition) is 0. The van der Waals surface area contributed by atoms with E-state index in [2.05, 4.69) is 50.1 Å². The number of nitrogens with zero attached hydrogens (tertiary/aromatic N) is 4. The predicted molar refractivity (Wildman–Crippen MR) is 116 cm³/mol. The Morgan fingerprint density at radius 2 is 1.69 bits per heavy atom. The van der Waals surface area contributed by atoms with Crippen LogP contribution in [0.15, 0.2) is 84.3 Å². The summed E-state index contributed by atoms with van der Waals surface area (Å²) in [7, 11) is 0. The fraction of sp³-hybridized carbons (Fsp3) is 0.174. The van der Waals surface area contributed by atoms with Gasteiger partial charge in [0.1, 0.15) is 11.6 Å². The molecule has 0 aliphatic heterocycles. The Hall–Kier alpha value is -3.12. The Bertz CT molecular complexity index is 1030. The zero-order valence-corrected chi connectivity index (χ0v) is 17.0. The van der Waals surface area contributed by atoms with Gasteiger partial charge in [0, 0.05) is 30.3 Å². The number of hydrogen-bond acceptors (Lipinski definition) is 5. The van der Waals surface area contributed by atoms with E-state index in [4.69, 9.17) is 4.74 Å². The molecular weight excluding hydrogens is 380 g/mol. The summed E-state index contributed by atoms with van der Waals surface area (Å²) >= 11 is 1.66. The van der Waals surface area contributed by atoms with Crippen LogP contribution in [0.25, 0.3) is 5.69 Å². The van der Waals surface area contributed by atoms with Crippen LogP contribution in [0.1, 0.15) is 23.9 Å². The van der Waals surface area contributed by atoms with Gasteiger partial charge in [-0.05, 0) is 48.4 Å². The Morgan fingerprint density at radius 1 is 0.897 bits per heavy atom. The van der Waals surface area contributed by atoms with Crippen LogP contribution in [-0.4, -0.2) is 26.4 Å². The molecule has 2 aromatic carbocycles. The number of pyridine rings is 1. The molecule has 4 rings (SSSR count). The van der Waals surface area contributed by atoms with Crippen LogP contribution in [0.2, 0.25) is 0 Å². The van der Waals surface area contributed by atoms with E-state index in [1.165, 1.54) is 5.56 Å². The summed E-state index contributed by atoms with van der Waals surface area (Å²) in [5.41, 5.74) is 3.39. The first kappa shape index (κ1) is 19.2. The minimum Gasteiger partial charge on any atom is -0.494 e. The molecule has 0 spiro atoms. The molecule has 0 N–H and O–H groups in total. The average Bonchev–Trinajstić information content (AvgIpc) is 3.17. The van der Waals surface area contributed by atoms with Crippen LogP contribution in [-0.2, 0) is 12.2 Å². The van der Waals surface area contributed by atoms with Crippen molar-refractivity contribution in [2.45, 2.75) is 24.3 Å². The molecule has 2 aromatic heterocycles. The minimum absolute atomic E-state index is 0.650. The normalized spacial score (nSPS) is 10.8. The van der Waals surface area contributed by atoms with Crippen molar-refractivity contribution >= 4 is 11.8 Å². The first-order valence-electron chi connectivity index (χ1n) is 9.56. The molecule has 29 heavy (non-hydrogen) atoms. The van der Waals surface area contributed by atoms with Gasteiger partial charge in [0.15, 0.2) is 5.16 Å². The zero-order chi connectivity index (χ0) is 19.9. The molecule has 0 aliphatic carbocycles. The maximum atomic E-state index is 5.59. The number of benzene rings is 2. The fourth-order valence-electron chi connectivity index (χ4n) is 3.04. The van der Waals surface area contributed by atoms with E-state index in [9.17, 15) is 0 Å². The molecule has 0 aliphatic rings. The second-order valence-corrected chi connectivity index (χ2v) is 7.42. The van der Waals surface area contributed by atoms with Crippen LogP contribution in [0, 0.1) is 0 Å². The lowest BCUT2D eigenvalue weighted by Crippen LogP contribution is -2.04. The summed E-state index contributed by atoms with van der Waals surface area (Å²) in [5, 5.41) is 9.86. The molecule has 0 radical (unpaired) electrons. The van der Waals surface area contributed by atoms with E-state index >= 15 is 0 Å². The number of thioether (sulfide) groups is 1. The standard InChI is InChI=1S/C23H22N4OS/c1-2-28-21-12-10-20(11-13-21)27-22(15-18-7-4-3-5-8-18)25-26-23(27)29-17-19-9-6-14-24-16-19/h3-14,16H,2,15,17H2,1H3. The van der Waals surface area contributed by atoms with Gasteiger partial charge >= 0.3 is 0 Å². The van der Waals surface area contributed by atoms with Crippen LogP contribution in [0.5, 0.6) is 5.75 Å². The van der Waals surface area contributed by atoms with E-state index in [1.807, 2.05) is 49.5 Å². The van der Waals surface area contributed by atoms with Gasteiger partial charge in [-0.25, -0.2) is 0 Å². The molecule has 0 atom stereocenters. The molecule has 0 amide bonds. The Kier molecular flexibility index (Phi) is 6.22. The molecule has 146 valence electrons. The Labute approximate surface area is 174 Å². The fourth-order valence-corrected chi connectivity index (χ4v) is 3.94. The van der Waals surface area contributed by atoms with Gasteiger partial charge < -0.3 is 4.74 Å². The smallest absolute Gasteiger partial charge is 0.196 e. The maximum absolute atomic E-state index is 5.59. The molecular formula is C23H22N4OS. The van der Waals surface area contributed by atoms with Crippen molar-refractivity contribution in [2.24, 2.45) is 0 Å². The Balaban J connectivity index is 1.65. The van der Waals surface area contributed by atoms with Gasteiger partial charge in [0.2, 0.25) is 0 Å². The van der Waals surface area contributed by atoms with Gasteiger partial charge in [-0.2, -0.15) is 0 Å². The molecule has 2 heterocycles. The quantitative estimate of drug-likeness (QED) is 0.391. The van der Waals surface area contributed by atoms with E-state index in [-0.39, 0.29) is 0 Å². The van der Waals surface area contributed by atoms with Crippen LogP contribution < -0.4 is 4.74 Å². The van der Waals surface area contributed by atoms with Crippen molar-refractivity contribution in [1.29, 1.82) is 0 Å². The molecule has 0 saturated heterocycles. The monoisotopic (exact) mass is 402 g/mol. The summed E-state index contributed by atoms with van der Waals surface area (Å²) < 4.78 is 7.72. The molecule has 4 aromatic rings. The summed E-state index contributed by atoms with van der Waals surface area (Å²) in [6.07, 6.45) is 4.39. The first-order valence-corrected chi connectivity index (χ1v) is 10.5. The highest BCUT2D eigenvalue weighted by molar-refractivity contribution is 7.98. The highest BCUT2D eigenvalue weighted by atomic mass is 32.2. The van der Waals surface area contributed by atoms with Crippen LogP contribution in [0.3, 0.4) is 0 Å². The van der Waals surface area contributed by atoms with Gasteiger partial charge in [-0.3, -0.25) is 9.55 Å². The predicted octanol–water partition coefficient (Wildman–Crippen LogP) is 4.94. The van der Waals surface area contributed by atoms with E-state index in [1.54, 1.807) is 18.0 Å². The van der Waals surface area contributed by atoms with E-state index < -0.39 is 0 Å². The topological polar surface area (TPSA) is 52.8 Å². The Morgan fingerprint density at radius 3 is 2.41 bits per heavy atom. The largest absolute Gasteiger partial charge is 0.494 e. The molecule has 0 unspecified atom stereocenters. The van der Waals surface area contributed by atoms with Crippen LogP contribution >= 0.6 is 11.8 Å². The zero-order valence-electron chi connectivity index (χ0n) is 16.2. The number of rotatable bonds is 8. The molecule has 0 bridgehead atoms. The highest BCUT2D eigenvalue weighted by Gasteiger charge is 2.15. The lowest BCUT2D eigenvalue weighted by molar-refractivity contribution is 0.340. The van der Waals surface area contributed by atoms with Gasteiger partial charge in [-0.15, -0.1) is 10.2 Å². The van der Waals surface area contributed by atoms with Crippen LogP contribution in [0.4, 0.5) is 0 Å². The number of ether oxygens (including phenoxy) is 1. The lowest BCUT2D eigenvalue weighted by Gasteiger charge is -2.11. The third-order valence-corrected chi connectivity index (χ3v) is 5.40. The van der Waals surface area contributed by atoms with Crippen molar-refractivity contribution in [2.75, 3.05) is 6.61 Å². The summed E-state index contributed by atoms with van der Waals surface area (Å²) in [6.45, 7) is 2.64. The van der Waals surface area contributed by atoms with Gasteiger partial charge in [0.25, 0.3) is 0 Å². The molecule has 5 nitrogen and oxygen atoms in total. The second-order valence-electron chi connectivity index (χ2n) is 6.47. The second kappa shape index (κ2) is 9.39. The van der Waals surface area contributed by atoms with Crippen molar-refractivity contribution in [3.63, 3.8) is 0 Å². The first-order chi connectivity index (χ1) is 14.3. The molecule has 0 saturated carbocycles. The van der Waals surface area contributed by atoms with E-state index in [0.29, 0.717) is 13.0 Å². The van der Waals surface area contributed by atoms with E-state index in [0.717, 1.165) is 33.7 Å². The van der Waals surface area contributed by atoms with Crippen molar-refractivity contribution in [3.05, 3.63) is 96.1 Å².